The highest BCUT2D eigenvalue weighted by Gasteiger charge is 2.27. The molecule has 7 nitrogen and oxygen atoms in total. The van der Waals surface area contributed by atoms with Crippen molar-refractivity contribution in [1.29, 1.82) is 0 Å². The molecule has 0 spiro atoms. The van der Waals surface area contributed by atoms with Crippen LogP contribution in [0.1, 0.15) is 18.4 Å². The maximum atomic E-state index is 12.2. The molecule has 0 unspecified atom stereocenters. The minimum Gasteiger partial charge on any atom is -0.313 e. The van der Waals surface area contributed by atoms with Gasteiger partial charge in [-0.3, -0.25) is 10.1 Å². The number of rotatable bonds is 7. The van der Waals surface area contributed by atoms with Gasteiger partial charge in [0.05, 0.1) is 4.92 Å². The molecule has 0 atom stereocenters. The van der Waals surface area contributed by atoms with E-state index in [9.17, 15) is 18.5 Å². The monoisotopic (exact) mass is 299 g/mol. The maximum Gasteiger partial charge on any atom is 0.289 e. The fourth-order valence-corrected chi connectivity index (χ4v) is 3.38. The Morgan fingerprint density at radius 1 is 1.35 bits per heavy atom. The SMILES string of the molecule is Cc1cccc([N+](=O)[O-])c1S(=O)(=O)NCCNC1CC1. The predicted molar refractivity (Wildman–Crippen MR) is 74.0 cm³/mol. The molecule has 1 aliphatic rings. The van der Waals surface area contributed by atoms with Gasteiger partial charge in [0.2, 0.25) is 10.0 Å². The molecule has 0 amide bonds. The highest BCUT2D eigenvalue weighted by atomic mass is 32.2. The molecule has 0 aliphatic heterocycles. The average Bonchev–Trinajstić information content (AvgIpc) is 3.18. The summed E-state index contributed by atoms with van der Waals surface area (Å²) < 4.78 is 26.8. The summed E-state index contributed by atoms with van der Waals surface area (Å²) in [6, 6.07) is 4.71. The Balaban J connectivity index is 2.13. The zero-order valence-electron chi connectivity index (χ0n) is 11.1. The van der Waals surface area contributed by atoms with Crippen LogP contribution in [0.25, 0.3) is 0 Å². The summed E-state index contributed by atoms with van der Waals surface area (Å²) in [4.78, 5) is 10.0. The van der Waals surface area contributed by atoms with Crippen LogP contribution in [0.15, 0.2) is 23.1 Å². The first-order chi connectivity index (χ1) is 9.42. The third-order valence-corrected chi connectivity index (χ3v) is 4.74. The molecule has 20 heavy (non-hydrogen) atoms. The molecule has 2 rings (SSSR count). The van der Waals surface area contributed by atoms with Crippen molar-refractivity contribution < 1.29 is 13.3 Å². The zero-order chi connectivity index (χ0) is 14.8. The number of hydrogen-bond acceptors (Lipinski definition) is 5. The Morgan fingerprint density at radius 2 is 2.05 bits per heavy atom. The fraction of sp³-hybridized carbons (Fsp3) is 0.500. The van der Waals surface area contributed by atoms with E-state index >= 15 is 0 Å². The number of aryl methyl sites for hydroxylation is 1. The fourth-order valence-electron chi connectivity index (χ4n) is 1.95. The normalized spacial score (nSPS) is 15.2. The largest absolute Gasteiger partial charge is 0.313 e. The minimum atomic E-state index is -3.88. The van der Waals surface area contributed by atoms with Gasteiger partial charge in [-0.05, 0) is 25.3 Å². The number of nitrogens with one attached hydrogen (secondary N) is 2. The number of benzene rings is 1. The zero-order valence-corrected chi connectivity index (χ0v) is 11.9. The summed E-state index contributed by atoms with van der Waals surface area (Å²) in [5, 5.41) is 14.1. The van der Waals surface area contributed by atoms with Crippen molar-refractivity contribution in [3.63, 3.8) is 0 Å². The van der Waals surface area contributed by atoms with E-state index in [1.807, 2.05) is 0 Å². The molecule has 0 bridgehead atoms. The Kier molecular flexibility index (Phi) is 4.36. The Morgan fingerprint density at radius 3 is 2.65 bits per heavy atom. The van der Waals surface area contributed by atoms with Crippen LogP contribution in [0.3, 0.4) is 0 Å². The molecular formula is C12H17N3O4S. The first kappa shape index (κ1) is 14.9. The van der Waals surface area contributed by atoms with Crippen LogP contribution in [-0.2, 0) is 10.0 Å². The van der Waals surface area contributed by atoms with Crippen LogP contribution in [-0.4, -0.2) is 32.5 Å². The van der Waals surface area contributed by atoms with E-state index in [2.05, 4.69) is 10.0 Å². The van der Waals surface area contributed by atoms with Crippen molar-refractivity contribution in [3.05, 3.63) is 33.9 Å². The van der Waals surface area contributed by atoms with Crippen LogP contribution in [0, 0.1) is 17.0 Å². The van der Waals surface area contributed by atoms with Crippen LogP contribution >= 0.6 is 0 Å². The Bertz CT molecular complexity index is 611. The highest BCUT2D eigenvalue weighted by molar-refractivity contribution is 7.89. The van der Waals surface area contributed by atoms with Crippen molar-refractivity contribution in [3.8, 4) is 0 Å². The van der Waals surface area contributed by atoms with Crippen molar-refractivity contribution in [2.75, 3.05) is 13.1 Å². The lowest BCUT2D eigenvalue weighted by Crippen LogP contribution is -2.33. The van der Waals surface area contributed by atoms with Crippen molar-refractivity contribution >= 4 is 15.7 Å². The van der Waals surface area contributed by atoms with Crippen LogP contribution in [0.5, 0.6) is 0 Å². The topological polar surface area (TPSA) is 101 Å². The Labute approximate surface area is 117 Å². The summed E-state index contributed by atoms with van der Waals surface area (Å²) in [6.45, 7) is 2.28. The lowest BCUT2D eigenvalue weighted by atomic mass is 10.2. The third-order valence-electron chi connectivity index (χ3n) is 3.08. The van der Waals surface area contributed by atoms with E-state index in [1.54, 1.807) is 13.0 Å². The highest BCUT2D eigenvalue weighted by Crippen LogP contribution is 2.26. The quantitative estimate of drug-likeness (QED) is 0.443. The lowest BCUT2D eigenvalue weighted by molar-refractivity contribution is -0.387. The molecule has 1 fully saturated rings. The van der Waals surface area contributed by atoms with E-state index in [4.69, 9.17) is 0 Å². The molecule has 0 aromatic heterocycles. The third kappa shape index (κ3) is 3.53. The van der Waals surface area contributed by atoms with Crippen LogP contribution in [0.2, 0.25) is 0 Å². The first-order valence-corrected chi connectivity index (χ1v) is 7.87. The van der Waals surface area contributed by atoms with Gasteiger partial charge >= 0.3 is 0 Å². The summed E-state index contributed by atoms with van der Waals surface area (Å²) in [7, 11) is -3.88. The van der Waals surface area contributed by atoms with E-state index in [0.29, 0.717) is 18.2 Å². The molecule has 0 heterocycles. The van der Waals surface area contributed by atoms with Gasteiger partial charge in [0, 0.05) is 25.2 Å². The van der Waals surface area contributed by atoms with E-state index < -0.39 is 20.6 Å². The molecule has 1 aromatic carbocycles. The minimum absolute atomic E-state index is 0.213. The van der Waals surface area contributed by atoms with Gasteiger partial charge < -0.3 is 5.32 Å². The molecule has 110 valence electrons. The molecule has 0 saturated heterocycles. The summed E-state index contributed by atoms with van der Waals surface area (Å²) >= 11 is 0. The second-order valence-electron chi connectivity index (χ2n) is 4.81. The van der Waals surface area contributed by atoms with Crippen molar-refractivity contribution in [1.82, 2.24) is 10.0 Å². The Hall–Kier alpha value is -1.51. The number of nitrogens with zero attached hydrogens (tertiary/aromatic N) is 1. The number of nitro groups is 1. The summed E-state index contributed by atoms with van der Waals surface area (Å²) in [6.07, 6.45) is 2.24. The van der Waals surface area contributed by atoms with E-state index in [-0.39, 0.29) is 11.4 Å². The van der Waals surface area contributed by atoms with E-state index in [0.717, 1.165) is 12.8 Å². The lowest BCUT2D eigenvalue weighted by Gasteiger charge is -2.10. The van der Waals surface area contributed by atoms with Gasteiger partial charge in [-0.25, -0.2) is 13.1 Å². The molecule has 2 N–H and O–H groups in total. The molecule has 1 saturated carbocycles. The predicted octanol–water partition coefficient (Wildman–Crippen LogP) is 0.934. The summed E-state index contributed by atoms with van der Waals surface area (Å²) in [5.41, 5.74) is -0.0329. The van der Waals surface area contributed by atoms with Gasteiger partial charge in [-0.15, -0.1) is 0 Å². The van der Waals surface area contributed by atoms with Crippen LogP contribution in [0.4, 0.5) is 5.69 Å². The number of hydrogen-bond donors (Lipinski definition) is 2. The van der Waals surface area contributed by atoms with Crippen LogP contribution < -0.4 is 10.0 Å². The van der Waals surface area contributed by atoms with Gasteiger partial charge in [-0.1, -0.05) is 12.1 Å². The van der Waals surface area contributed by atoms with E-state index in [1.165, 1.54) is 12.1 Å². The standard InChI is InChI=1S/C12H17N3O4S/c1-9-3-2-4-11(15(16)17)12(9)20(18,19)14-8-7-13-10-5-6-10/h2-4,10,13-14H,5-8H2,1H3. The first-order valence-electron chi connectivity index (χ1n) is 6.39. The molecule has 1 aliphatic carbocycles. The average molecular weight is 299 g/mol. The number of sulfonamides is 1. The van der Waals surface area contributed by atoms with Gasteiger partial charge in [-0.2, -0.15) is 0 Å². The molecular weight excluding hydrogens is 282 g/mol. The summed E-state index contributed by atoms with van der Waals surface area (Å²) in [5.74, 6) is 0. The second-order valence-corrected chi connectivity index (χ2v) is 6.51. The van der Waals surface area contributed by atoms with Gasteiger partial charge in [0.1, 0.15) is 0 Å². The van der Waals surface area contributed by atoms with Crippen molar-refractivity contribution in [2.45, 2.75) is 30.7 Å². The molecule has 8 heteroatoms. The van der Waals surface area contributed by atoms with Gasteiger partial charge in [0.15, 0.2) is 4.90 Å². The maximum absolute atomic E-state index is 12.2. The molecule has 0 radical (unpaired) electrons. The second kappa shape index (κ2) is 5.86. The van der Waals surface area contributed by atoms with Gasteiger partial charge in [0.25, 0.3) is 5.69 Å². The van der Waals surface area contributed by atoms with Crippen molar-refractivity contribution in [2.24, 2.45) is 0 Å². The number of nitro benzene ring substituents is 1. The molecule has 1 aromatic rings. The smallest absolute Gasteiger partial charge is 0.289 e.